The van der Waals surface area contributed by atoms with Gasteiger partial charge in [-0.25, -0.2) is 19.8 Å². The van der Waals surface area contributed by atoms with E-state index < -0.39 is 6.04 Å². The van der Waals surface area contributed by atoms with E-state index in [9.17, 15) is 4.39 Å². The molecule has 5 nitrogen and oxygen atoms in total. The second-order valence-electron chi connectivity index (χ2n) is 4.56. The lowest BCUT2D eigenvalue weighted by Gasteiger charge is -2.19. The summed E-state index contributed by atoms with van der Waals surface area (Å²) >= 11 is 0. The molecule has 0 aliphatic carbocycles. The molecule has 0 saturated carbocycles. The summed E-state index contributed by atoms with van der Waals surface area (Å²) in [6, 6.07) is 4.45. The first-order valence-corrected chi connectivity index (χ1v) is 6.15. The van der Waals surface area contributed by atoms with Crippen molar-refractivity contribution in [1.82, 2.24) is 15.4 Å². The zero-order valence-corrected chi connectivity index (χ0v) is 11.6. The molecule has 1 heterocycles. The predicted octanol–water partition coefficient (Wildman–Crippen LogP) is 1.79. The zero-order valence-electron chi connectivity index (χ0n) is 11.6. The van der Waals surface area contributed by atoms with Gasteiger partial charge in [-0.15, -0.1) is 0 Å². The first-order valence-electron chi connectivity index (χ1n) is 6.15. The summed E-state index contributed by atoms with van der Waals surface area (Å²) < 4.78 is 19.3. The van der Waals surface area contributed by atoms with Gasteiger partial charge in [0.05, 0.1) is 18.8 Å². The Kier molecular flexibility index (Phi) is 4.26. The number of rotatable bonds is 4. The van der Waals surface area contributed by atoms with Gasteiger partial charge in [-0.05, 0) is 31.0 Å². The van der Waals surface area contributed by atoms with Crippen LogP contribution in [0, 0.1) is 19.7 Å². The van der Waals surface area contributed by atoms with Gasteiger partial charge >= 0.3 is 0 Å². The topological polar surface area (TPSA) is 73.1 Å². The molecule has 106 valence electrons. The molecule has 1 atom stereocenters. The number of nitrogens with one attached hydrogen (secondary N) is 1. The molecule has 2 aromatic rings. The third kappa shape index (κ3) is 2.76. The van der Waals surface area contributed by atoms with E-state index in [4.69, 9.17) is 10.6 Å². The van der Waals surface area contributed by atoms with E-state index >= 15 is 0 Å². The molecular formula is C14H17FN4O. The molecule has 0 spiro atoms. The van der Waals surface area contributed by atoms with Gasteiger partial charge in [0.1, 0.15) is 12.1 Å². The molecule has 2 rings (SSSR count). The number of halogens is 1. The predicted molar refractivity (Wildman–Crippen MR) is 73.6 cm³/mol. The fourth-order valence-electron chi connectivity index (χ4n) is 2.23. The average Bonchev–Trinajstić information content (AvgIpc) is 2.42. The molecule has 0 bridgehead atoms. The van der Waals surface area contributed by atoms with E-state index in [0.29, 0.717) is 17.1 Å². The third-order valence-electron chi connectivity index (χ3n) is 3.10. The van der Waals surface area contributed by atoms with E-state index in [-0.39, 0.29) is 5.82 Å². The Hall–Kier alpha value is -2.05. The SMILES string of the molecule is COc1cc(C(NN)c2c(C)cc(C)cc2F)ncn1. The highest BCUT2D eigenvalue weighted by molar-refractivity contribution is 5.38. The van der Waals surface area contributed by atoms with Crippen molar-refractivity contribution in [3.05, 3.63) is 52.7 Å². The van der Waals surface area contributed by atoms with Gasteiger partial charge in [-0.3, -0.25) is 5.84 Å². The fraction of sp³-hybridized carbons (Fsp3) is 0.286. The molecule has 0 amide bonds. The van der Waals surface area contributed by atoms with E-state index in [2.05, 4.69) is 15.4 Å². The molecule has 3 N–H and O–H groups in total. The summed E-state index contributed by atoms with van der Waals surface area (Å²) in [4.78, 5) is 8.07. The lowest BCUT2D eigenvalue weighted by atomic mass is 9.96. The van der Waals surface area contributed by atoms with E-state index in [1.807, 2.05) is 19.9 Å². The first kappa shape index (κ1) is 14.4. The highest BCUT2D eigenvalue weighted by Crippen LogP contribution is 2.27. The first-order chi connectivity index (χ1) is 9.56. The average molecular weight is 276 g/mol. The van der Waals surface area contributed by atoms with Crippen LogP contribution < -0.4 is 16.0 Å². The number of nitrogens with two attached hydrogens (primary N) is 1. The Morgan fingerprint density at radius 2 is 2.00 bits per heavy atom. The van der Waals surface area contributed by atoms with Crippen molar-refractivity contribution in [2.75, 3.05) is 7.11 Å². The van der Waals surface area contributed by atoms with Gasteiger partial charge in [-0.1, -0.05) is 6.07 Å². The van der Waals surface area contributed by atoms with Crippen LogP contribution in [0.25, 0.3) is 0 Å². The van der Waals surface area contributed by atoms with Crippen LogP contribution in [-0.2, 0) is 0 Å². The zero-order chi connectivity index (χ0) is 14.7. The Labute approximate surface area is 117 Å². The van der Waals surface area contributed by atoms with Gasteiger partial charge in [0.15, 0.2) is 0 Å². The van der Waals surface area contributed by atoms with Crippen molar-refractivity contribution in [3.8, 4) is 5.88 Å². The summed E-state index contributed by atoms with van der Waals surface area (Å²) in [6.07, 6.45) is 1.36. The summed E-state index contributed by atoms with van der Waals surface area (Å²) in [6.45, 7) is 3.69. The highest BCUT2D eigenvalue weighted by Gasteiger charge is 2.21. The van der Waals surface area contributed by atoms with Crippen molar-refractivity contribution in [2.45, 2.75) is 19.9 Å². The summed E-state index contributed by atoms with van der Waals surface area (Å²) in [5, 5.41) is 0. The second kappa shape index (κ2) is 5.94. The maximum Gasteiger partial charge on any atom is 0.216 e. The Bertz CT molecular complexity index is 595. The Morgan fingerprint density at radius 1 is 1.25 bits per heavy atom. The van der Waals surface area contributed by atoms with E-state index in [1.54, 1.807) is 6.07 Å². The monoisotopic (exact) mass is 276 g/mol. The van der Waals surface area contributed by atoms with Crippen LogP contribution in [0.3, 0.4) is 0 Å². The largest absolute Gasteiger partial charge is 0.481 e. The van der Waals surface area contributed by atoms with Gasteiger partial charge in [0.2, 0.25) is 5.88 Å². The van der Waals surface area contributed by atoms with Crippen molar-refractivity contribution >= 4 is 0 Å². The van der Waals surface area contributed by atoms with Crippen LogP contribution in [0.4, 0.5) is 4.39 Å². The van der Waals surface area contributed by atoms with Crippen LogP contribution >= 0.6 is 0 Å². The quantitative estimate of drug-likeness (QED) is 0.658. The number of benzene rings is 1. The minimum absolute atomic E-state index is 0.317. The number of hydrogen-bond acceptors (Lipinski definition) is 5. The van der Waals surface area contributed by atoms with E-state index in [0.717, 1.165) is 11.1 Å². The lowest BCUT2D eigenvalue weighted by Crippen LogP contribution is -2.31. The van der Waals surface area contributed by atoms with Crippen LogP contribution in [-0.4, -0.2) is 17.1 Å². The molecule has 0 aliphatic rings. The van der Waals surface area contributed by atoms with Crippen LogP contribution in [0.1, 0.15) is 28.4 Å². The normalized spacial score (nSPS) is 12.2. The van der Waals surface area contributed by atoms with Crippen LogP contribution in [0.2, 0.25) is 0 Å². The van der Waals surface area contributed by atoms with Gasteiger partial charge in [-0.2, -0.15) is 0 Å². The second-order valence-corrected chi connectivity index (χ2v) is 4.56. The van der Waals surface area contributed by atoms with Gasteiger partial charge < -0.3 is 4.74 Å². The molecule has 0 aliphatic heterocycles. The number of hydrogen-bond donors (Lipinski definition) is 2. The lowest BCUT2D eigenvalue weighted by molar-refractivity contribution is 0.394. The molecule has 1 aromatic heterocycles. The van der Waals surface area contributed by atoms with Crippen molar-refractivity contribution in [2.24, 2.45) is 5.84 Å². The van der Waals surface area contributed by atoms with Crippen molar-refractivity contribution in [1.29, 1.82) is 0 Å². The molecule has 1 unspecified atom stereocenters. The minimum Gasteiger partial charge on any atom is -0.481 e. The summed E-state index contributed by atoms with van der Waals surface area (Å²) in [5.41, 5.74) is 5.29. The number of aryl methyl sites for hydroxylation is 2. The van der Waals surface area contributed by atoms with Gasteiger partial charge in [0.25, 0.3) is 0 Å². The number of nitrogens with zero attached hydrogens (tertiary/aromatic N) is 2. The third-order valence-corrected chi connectivity index (χ3v) is 3.10. The minimum atomic E-state index is -0.563. The maximum absolute atomic E-state index is 14.2. The Morgan fingerprint density at radius 3 is 2.60 bits per heavy atom. The summed E-state index contributed by atoms with van der Waals surface area (Å²) in [7, 11) is 1.51. The standard InChI is InChI=1S/C14H17FN4O/c1-8-4-9(2)13(10(15)5-8)14(19-16)11-6-12(20-3)18-7-17-11/h4-7,14,19H,16H2,1-3H3. The number of aromatic nitrogens is 2. The fourth-order valence-corrected chi connectivity index (χ4v) is 2.23. The number of hydrazine groups is 1. The molecular weight excluding hydrogens is 259 g/mol. The van der Waals surface area contributed by atoms with Crippen LogP contribution in [0.15, 0.2) is 24.5 Å². The van der Waals surface area contributed by atoms with E-state index in [1.165, 1.54) is 19.5 Å². The highest BCUT2D eigenvalue weighted by atomic mass is 19.1. The molecule has 0 radical (unpaired) electrons. The van der Waals surface area contributed by atoms with Crippen LogP contribution in [0.5, 0.6) is 5.88 Å². The molecule has 0 saturated heterocycles. The van der Waals surface area contributed by atoms with Crippen molar-refractivity contribution < 1.29 is 9.13 Å². The molecule has 1 aromatic carbocycles. The molecule has 20 heavy (non-hydrogen) atoms. The smallest absolute Gasteiger partial charge is 0.216 e. The Balaban J connectivity index is 2.52. The van der Waals surface area contributed by atoms with Gasteiger partial charge in [0, 0.05) is 11.6 Å². The molecule has 6 heteroatoms. The van der Waals surface area contributed by atoms with Crippen molar-refractivity contribution in [3.63, 3.8) is 0 Å². The molecule has 0 fully saturated rings. The number of ether oxygens (including phenoxy) is 1. The maximum atomic E-state index is 14.2. The number of methoxy groups -OCH3 is 1. The summed E-state index contributed by atoms with van der Waals surface area (Å²) in [5.74, 6) is 5.67.